The number of rotatable bonds is 8. The van der Waals surface area contributed by atoms with Crippen LogP contribution in [0.1, 0.15) is 24.6 Å². The number of hydrogen-bond donors (Lipinski definition) is 2. The minimum atomic E-state index is -0.254. The Kier molecular flexibility index (Phi) is 4.98. The number of nitrogens with zero attached hydrogens (tertiary/aromatic N) is 1. The minimum absolute atomic E-state index is 0.254. The largest absolute Gasteiger partial charge is 0.390 e. The molecule has 2 N–H and O–H groups in total. The van der Waals surface area contributed by atoms with Gasteiger partial charge in [-0.2, -0.15) is 0 Å². The molecular weight excluding hydrogens is 232 g/mol. The molecule has 1 aliphatic rings. The second-order valence-corrected chi connectivity index (χ2v) is 5.78. The SMILES string of the molecule is CCN(Cc1cccs1)CC(O)CNC1CC1. The fourth-order valence-corrected chi connectivity index (χ4v) is 2.63. The van der Waals surface area contributed by atoms with Crippen LogP contribution in [0.3, 0.4) is 0 Å². The van der Waals surface area contributed by atoms with Crippen molar-refractivity contribution in [3.8, 4) is 0 Å². The van der Waals surface area contributed by atoms with Crippen LogP contribution < -0.4 is 5.32 Å². The number of aliphatic hydroxyl groups is 1. The molecule has 0 amide bonds. The quantitative estimate of drug-likeness (QED) is 0.741. The molecule has 96 valence electrons. The molecule has 1 saturated carbocycles. The normalized spacial score (nSPS) is 17.6. The molecule has 1 aromatic heterocycles. The first-order valence-electron chi connectivity index (χ1n) is 6.44. The average Bonchev–Trinajstić information content (AvgIpc) is 3.02. The first-order chi connectivity index (χ1) is 8.28. The lowest BCUT2D eigenvalue weighted by atomic mass is 10.3. The maximum absolute atomic E-state index is 9.96. The molecule has 1 fully saturated rings. The average molecular weight is 254 g/mol. The van der Waals surface area contributed by atoms with E-state index in [1.54, 1.807) is 11.3 Å². The van der Waals surface area contributed by atoms with Gasteiger partial charge in [0.2, 0.25) is 0 Å². The molecular formula is C13H22N2OS. The van der Waals surface area contributed by atoms with Crippen molar-refractivity contribution in [2.24, 2.45) is 0 Å². The van der Waals surface area contributed by atoms with Gasteiger partial charge < -0.3 is 10.4 Å². The van der Waals surface area contributed by atoms with Crippen molar-refractivity contribution in [3.05, 3.63) is 22.4 Å². The molecule has 0 radical (unpaired) electrons. The van der Waals surface area contributed by atoms with Crippen LogP contribution in [-0.2, 0) is 6.54 Å². The van der Waals surface area contributed by atoms with Crippen LogP contribution in [0.25, 0.3) is 0 Å². The topological polar surface area (TPSA) is 35.5 Å². The molecule has 17 heavy (non-hydrogen) atoms. The minimum Gasteiger partial charge on any atom is -0.390 e. The third kappa shape index (κ3) is 4.76. The lowest BCUT2D eigenvalue weighted by Crippen LogP contribution is -2.38. The van der Waals surface area contributed by atoms with Crippen LogP contribution in [0.5, 0.6) is 0 Å². The molecule has 0 bridgehead atoms. The number of aliphatic hydroxyl groups excluding tert-OH is 1. The van der Waals surface area contributed by atoms with Gasteiger partial charge >= 0.3 is 0 Å². The van der Waals surface area contributed by atoms with Gasteiger partial charge in [0.15, 0.2) is 0 Å². The molecule has 0 aliphatic heterocycles. The second-order valence-electron chi connectivity index (χ2n) is 4.74. The van der Waals surface area contributed by atoms with Crippen molar-refractivity contribution in [3.63, 3.8) is 0 Å². The van der Waals surface area contributed by atoms with Gasteiger partial charge in [-0.15, -0.1) is 11.3 Å². The van der Waals surface area contributed by atoms with Crippen LogP contribution in [0.15, 0.2) is 17.5 Å². The lowest BCUT2D eigenvalue weighted by Gasteiger charge is -2.23. The Balaban J connectivity index is 1.69. The zero-order valence-electron chi connectivity index (χ0n) is 10.4. The third-order valence-electron chi connectivity index (χ3n) is 3.10. The summed E-state index contributed by atoms with van der Waals surface area (Å²) in [5.74, 6) is 0. The van der Waals surface area contributed by atoms with Crippen LogP contribution in [0.4, 0.5) is 0 Å². The van der Waals surface area contributed by atoms with E-state index < -0.39 is 0 Å². The van der Waals surface area contributed by atoms with Crippen LogP contribution in [-0.4, -0.2) is 41.8 Å². The monoisotopic (exact) mass is 254 g/mol. The van der Waals surface area contributed by atoms with Gasteiger partial charge in [0, 0.05) is 30.6 Å². The predicted molar refractivity (Wildman–Crippen MR) is 72.3 cm³/mol. The molecule has 0 spiro atoms. The maximum atomic E-state index is 9.96. The van der Waals surface area contributed by atoms with E-state index in [1.165, 1.54) is 17.7 Å². The van der Waals surface area contributed by atoms with Crippen molar-refractivity contribution in [1.82, 2.24) is 10.2 Å². The van der Waals surface area contributed by atoms with E-state index in [4.69, 9.17) is 0 Å². The second kappa shape index (κ2) is 6.50. The zero-order valence-corrected chi connectivity index (χ0v) is 11.2. The fraction of sp³-hybridized carbons (Fsp3) is 0.692. The summed E-state index contributed by atoms with van der Waals surface area (Å²) in [6.07, 6.45) is 2.30. The van der Waals surface area contributed by atoms with Crippen molar-refractivity contribution in [2.45, 2.75) is 38.5 Å². The standard InChI is InChI=1S/C13H22N2OS/c1-2-15(10-13-4-3-7-17-13)9-12(16)8-14-11-5-6-11/h3-4,7,11-12,14,16H,2,5-6,8-10H2,1H3. The molecule has 4 heteroatoms. The molecule has 1 aromatic rings. The number of thiophene rings is 1. The highest BCUT2D eigenvalue weighted by Crippen LogP contribution is 2.18. The Morgan fingerprint density at radius 1 is 1.59 bits per heavy atom. The maximum Gasteiger partial charge on any atom is 0.0791 e. The van der Waals surface area contributed by atoms with Crippen LogP contribution in [0, 0.1) is 0 Å². The van der Waals surface area contributed by atoms with Gasteiger partial charge in [-0.3, -0.25) is 4.90 Å². The van der Waals surface area contributed by atoms with Crippen LogP contribution >= 0.6 is 11.3 Å². The van der Waals surface area contributed by atoms with E-state index in [2.05, 4.69) is 34.7 Å². The van der Waals surface area contributed by atoms with Crippen molar-refractivity contribution in [2.75, 3.05) is 19.6 Å². The molecule has 1 aliphatic carbocycles. The summed E-state index contributed by atoms with van der Waals surface area (Å²) in [6, 6.07) is 4.91. The zero-order chi connectivity index (χ0) is 12.1. The number of nitrogens with one attached hydrogen (secondary N) is 1. The van der Waals surface area contributed by atoms with E-state index in [0.717, 1.165) is 26.2 Å². The predicted octanol–water partition coefficient (Wildman–Crippen LogP) is 1.68. The summed E-state index contributed by atoms with van der Waals surface area (Å²) >= 11 is 1.78. The summed E-state index contributed by atoms with van der Waals surface area (Å²) in [7, 11) is 0. The molecule has 1 heterocycles. The molecule has 3 nitrogen and oxygen atoms in total. The van der Waals surface area contributed by atoms with E-state index in [1.807, 2.05) is 0 Å². The third-order valence-corrected chi connectivity index (χ3v) is 3.96. The Hall–Kier alpha value is -0.420. The summed E-state index contributed by atoms with van der Waals surface area (Å²) in [6.45, 7) is 5.57. The molecule has 0 saturated heterocycles. The number of likely N-dealkylation sites (N-methyl/N-ethyl adjacent to an activating group) is 1. The smallest absolute Gasteiger partial charge is 0.0791 e. The molecule has 1 unspecified atom stereocenters. The Morgan fingerprint density at radius 3 is 3.00 bits per heavy atom. The first kappa shape index (κ1) is 13.0. The summed E-state index contributed by atoms with van der Waals surface area (Å²) in [5, 5.41) is 15.4. The van der Waals surface area contributed by atoms with Crippen molar-refractivity contribution >= 4 is 11.3 Å². The van der Waals surface area contributed by atoms with Gasteiger partial charge in [0.1, 0.15) is 0 Å². The van der Waals surface area contributed by atoms with Crippen LogP contribution in [0.2, 0.25) is 0 Å². The Bertz CT molecular complexity index is 311. The lowest BCUT2D eigenvalue weighted by molar-refractivity contribution is 0.110. The van der Waals surface area contributed by atoms with Gasteiger partial charge in [-0.05, 0) is 30.8 Å². The fourth-order valence-electron chi connectivity index (χ4n) is 1.88. The Labute approximate surface area is 107 Å². The van der Waals surface area contributed by atoms with E-state index in [9.17, 15) is 5.11 Å². The summed E-state index contributed by atoms with van der Waals surface area (Å²) < 4.78 is 0. The first-order valence-corrected chi connectivity index (χ1v) is 7.32. The Morgan fingerprint density at radius 2 is 2.41 bits per heavy atom. The van der Waals surface area contributed by atoms with E-state index in [-0.39, 0.29) is 6.10 Å². The molecule has 0 aromatic carbocycles. The van der Waals surface area contributed by atoms with Gasteiger partial charge in [0.25, 0.3) is 0 Å². The highest BCUT2D eigenvalue weighted by atomic mass is 32.1. The number of hydrogen-bond acceptors (Lipinski definition) is 4. The highest BCUT2D eigenvalue weighted by molar-refractivity contribution is 7.09. The van der Waals surface area contributed by atoms with Gasteiger partial charge in [-0.25, -0.2) is 0 Å². The molecule has 2 rings (SSSR count). The summed E-state index contributed by atoms with van der Waals surface area (Å²) in [4.78, 5) is 3.67. The van der Waals surface area contributed by atoms with Gasteiger partial charge in [0.05, 0.1) is 6.10 Å². The van der Waals surface area contributed by atoms with Crippen molar-refractivity contribution < 1.29 is 5.11 Å². The summed E-state index contributed by atoms with van der Waals surface area (Å²) in [5.41, 5.74) is 0. The van der Waals surface area contributed by atoms with E-state index >= 15 is 0 Å². The highest BCUT2D eigenvalue weighted by Gasteiger charge is 2.21. The van der Waals surface area contributed by atoms with Crippen molar-refractivity contribution in [1.29, 1.82) is 0 Å². The molecule has 1 atom stereocenters. The van der Waals surface area contributed by atoms with E-state index in [0.29, 0.717) is 6.04 Å². The van der Waals surface area contributed by atoms with Gasteiger partial charge in [-0.1, -0.05) is 13.0 Å².